The molecule has 8 heteroatoms. The molecule has 0 fully saturated rings. The van der Waals surface area contributed by atoms with Crippen molar-refractivity contribution in [3.63, 3.8) is 0 Å². The van der Waals surface area contributed by atoms with Crippen LogP contribution >= 0.6 is 0 Å². The number of carbonyl (C=O) groups is 1. The average molecular weight is 369 g/mol. The van der Waals surface area contributed by atoms with Gasteiger partial charge in [-0.25, -0.2) is 9.07 Å². The second kappa shape index (κ2) is 7.69. The summed E-state index contributed by atoms with van der Waals surface area (Å²) < 4.78 is 24.7. The monoisotopic (exact) mass is 369 g/mol. The number of anilines is 1. The molecule has 0 aliphatic carbocycles. The van der Waals surface area contributed by atoms with Crippen molar-refractivity contribution in [2.24, 2.45) is 0 Å². The molecule has 1 amide bonds. The molecule has 1 heterocycles. The van der Waals surface area contributed by atoms with Crippen molar-refractivity contribution in [2.75, 3.05) is 19.5 Å². The minimum atomic E-state index is -0.706. The van der Waals surface area contributed by atoms with Crippen molar-refractivity contribution in [3.05, 3.63) is 76.5 Å². The van der Waals surface area contributed by atoms with Gasteiger partial charge < -0.3 is 14.8 Å². The van der Waals surface area contributed by atoms with E-state index in [4.69, 9.17) is 9.47 Å². The van der Waals surface area contributed by atoms with Gasteiger partial charge in [-0.05, 0) is 36.4 Å². The molecule has 0 unspecified atom stereocenters. The number of hydrogen-bond acceptors (Lipinski definition) is 5. The highest BCUT2D eigenvalue weighted by atomic mass is 19.1. The quantitative estimate of drug-likeness (QED) is 0.748. The third-order valence-corrected chi connectivity index (χ3v) is 3.77. The predicted molar refractivity (Wildman–Crippen MR) is 97.3 cm³/mol. The first-order chi connectivity index (χ1) is 13.0. The Kier molecular flexibility index (Phi) is 5.16. The Hall–Kier alpha value is -3.68. The smallest absolute Gasteiger partial charge is 0.280 e. The van der Waals surface area contributed by atoms with Gasteiger partial charge in [0.25, 0.3) is 5.91 Å². The summed E-state index contributed by atoms with van der Waals surface area (Å²) in [6, 6.07) is 11.6. The number of carbonyl (C=O) groups excluding carboxylic acids is 1. The van der Waals surface area contributed by atoms with Crippen LogP contribution in [0.4, 0.5) is 10.1 Å². The van der Waals surface area contributed by atoms with E-state index in [9.17, 15) is 14.0 Å². The standard InChI is InChI=1S/C19H16FN3O4/c1-26-14-7-8-17(27-2)15(11-14)21-19(25)18-16(24)9-10-23(22-18)13-5-3-12(20)4-6-13/h3-11H,1-2H3,(H,21,25). The van der Waals surface area contributed by atoms with Crippen LogP contribution in [0.5, 0.6) is 11.5 Å². The number of hydrogen-bond donors (Lipinski definition) is 1. The van der Waals surface area contributed by atoms with E-state index in [2.05, 4.69) is 10.4 Å². The fourth-order valence-electron chi connectivity index (χ4n) is 2.40. The maximum atomic E-state index is 13.1. The van der Waals surface area contributed by atoms with Gasteiger partial charge in [0.05, 0.1) is 25.6 Å². The first-order valence-electron chi connectivity index (χ1n) is 7.91. The van der Waals surface area contributed by atoms with Crippen LogP contribution < -0.4 is 20.2 Å². The van der Waals surface area contributed by atoms with Crippen LogP contribution in [0, 0.1) is 5.82 Å². The maximum absolute atomic E-state index is 13.1. The van der Waals surface area contributed by atoms with E-state index in [1.165, 1.54) is 55.4 Å². The van der Waals surface area contributed by atoms with Gasteiger partial charge in [0, 0.05) is 18.3 Å². The number of benzene rings is 2. The molecule has 0 saturated heterocycles. The predicted octanol–water partition coefficient (Wildman–Crippen LogP) is 2.64. The van der Waals surface area contributed by atoms with Gasteiger partial charge in [-0.15, -0.1) is 0 Å². The summed E-state index contributed by atoms with van der Waals surface area (Å²) in [5, 5.41) is 6.67. The molecule has 1 aromatic heterocycles. The fraction of sp³-hybridized carbons (Fsp3) is 0.105. The highest BCUT2D eigenvalue weighted by Gasteiger charge is 2.16. The molecule has 0 saturated carbocycles. The van der Waals surface area contributed by atoms with Crippen molar-refractivity contribution in [1.82, 2.24) is 9.78 Å². The van der Waals surface area contributed by atoms with E-state index < -0.39 is 17.2 Å². The molecule has 27 heavy (non-hydrogen) atoms. The Labute approximate surface area is 154 Å². The van der Waals surface area contributed by atoms with E-state index in [0.717, 1.165) is 0 Å². The van der Waals surface area contributed by atoms with Gasteiger partial charge >= 0.3 is 0 Å². The van der Waals surface area contributed by atoms with E-state index in [0.29, 0.717) is 22.9 Å². The minimum absolute atomic E-state index is 0.313. The molecular weight excluding hydrogens is 353 g/mol. The highest BCUT2D eigenvalue weighted by molar-refractivity contribution is 6.03. The van der Waals surface area contributed by atoms with Crippen LogP contribution in [-0.4, -0.2) is 29.9 Å². The van der Waals surface area contributed by atoms with Crippen molar-refractivity contribution in [2.45, 2.75) is 0 Å². The zero-order valence-corrected chi connectivity index (χ0v) is 14.6. The normalized spacial score (nSPS) is 10.3. The lowest BCUT2D eigenvalue weighted by atomic mass is 10.2. The number of nitrogens with zero attached hydrogens (tertiary/aromatic N) is 2. The van der Waals surface area contributed by atoms with E-state index >= 15 is 0 Å². The summed E-state index contributed by atoms with van der Waals surface area (Å²) in [5.74, 6) is -0.194. The first kappa shape index (κ1) is 18.1. The molecule has 0 atom stereocenters. The Balaban J connectivity index is 1.94. The summed E-state index contributed by atoms with van der Waals surface area (Å²) in [5.41, 5.74) is -0.0240. The zero-order valence-electron chi connectivity index (χ0n) is 14.6. The minimum Gasteiger partial charge on any atom is -0.497 e. The Morgan fingerprint density at radius 3 is 2.48 bits per heavy atom. The van der Waals surface area contributed by atoms with Crippen molar-refractivity contribution >= 4 is 11.6 Å². The third-order valence-electron chi connectivity index (χ3n) is 3.77. The summed E-state index contributed by atoms with van der Waals surface area (Å²) >= 11 is 0. The molecule has 0 aliphatic heterocycles. The molecule has 7 nitrogen and oxygen atoms in total. The fourth-order valence-corrected chi connectivity index (χ4v) is 2.40. The molecule has 3 aromatic rings. The SMILES string of the molecule is COc1ccc(OC)c(NC(=O)c2nn(-c3ccc(F)cc3)ccc2=O)c1. The number of nitrogens with one attached hydrogen (secondary N) is 1. The molecule has 3 rings (SSSR count). The van der Waals surface area contributed by atoms with Gasteiger partial charge in [-0.1, -0.05) is 0 Å². The number of methoxy groups -OCH3 is 2. The van der Waals surface area contributed by atoms with Gasteiger partial charge in [0.1, 0.15) is 17.3 Å². The first-order valence-corrected chi connectivity index (χ1v) is 7.91. The molecule has 0 aliphatic rings. The lowest BCUT2D eigenvalue weighted by Crippen LogP contribution is -2.25. The van der Waals surface area contributed by atoms with Crippen molar-refractivity contribution in [3.8, 4) is 17.2 Å². The third kappa shape index (κ3) is 3.95. The van der Waals surface area contributed by atoms with Crippen LogP contribution in [0.15, 0.2) is 59.5 Å². The van der Waals surface area contributed by atoms with Crippen LogP contribution in [0.25, 0.3) is 5.69 Å². The summed E-state index contributed by atoms with van der Waals surface area (Å²) in [6.07, 6.45) is 1.40. The summed E-state index contributed by atoms with van der Waals surface area (Å²) in [7, 11) is 2.95. The Morgan fingerprint density at radius 1 is 1.07 bits per heavy atom. The van der Waals surface area contributed by atoms with Gasteiger partial charge in [-0.3, -0.25) is 9.59 Å². The lowest BCUT2D eigenvalue weighted by Gasteiger charge is -2.12. The molecule has 2 aromatic carbocycles. The topological polar surface area (TPSA) is 82.4 Å². The van der Waals surface area contributed by atoms with E-state index in [-0.39, 0.29) is 5.69 Å². The number of amides is 1. The van der Waals surface area contributed by atoms with Crippen molar-refractivity contribution < 1.29 is 18.7 Å². The second-order valence-corrected chi connectivity index (χ2v) is 5.47. The van der Waals surface area contributed by atoms with Crippen LogP contribution in [0.3, 0.4) is 0 Å². The van der Waals surface area contributed by atoms with Crippen LogP contribution in [-0.2, 0) is 0 Å². The van der Waals surface area contributed by atoms with Gasteiger partial charge in [-0.2, -0.15) is 5.10 Å². The summed E-state index contributed by atoms with van der Waals surface area (Å²) in [4.78, 5) is 24.7. The summed E-state index contributed by atoms with van der Waals surface area (Å²) in [6.45, 7) is 0. The van der Waals surface area contributed by atoms with Gasteiger partial charge in [0.15, 0.2) is 5.69 Å². The molecule has 138 valence electrons. The molecular formula is C19H16FN3O4. The average Bonchev–Trinajstić information content (AvgIpc) is 2.69. The number of ether oxygens (including phenoxy) is 2. The van der Waals surface area contributed by atoms with Crippen molar-refractivity contribution in [1.29, 1.82) is 0 Å². The Morgan fingerprint density at radius 2 is 1.81 bits per heavy atom. The largest absolute Gasteiger partial charge is 0.497 e. The molecule has 1 N–H and O–H groups in total. The number of rotatable bonds is 5. The Bertz CT molecular complexity index is 1030. The zero-order chi connectivity index (χ0) is 19.4. The number of halogens is 1. The maximum Gasteiger partial charge on any atom is 0.280 e. The number of aromatic nitrogens is 2. The lowest BCUT2D eigenvalue weighted by molar-refractivity contribution is 0.101. The van der Waals surface area contributed by atoms with Crippen LogP contribution in [0.1, 0.15) is 10.5 Å². The highest BCUT2D eigenvalue weighted by Crippen LogP contribution is 2.29. The van der Waals surface area contributed by atoms with Crippen LogP contribution in [0.2, 0.25) is 0 Å². The molecule has 0 spiro atoms. The molecule has 0 bridgehead atoms. The van der Waals surface area contributed by atoms with E-state index in [1.54, 1.807) is 18.2 Å². The second-order valence-electron chi connectivity index (χ2n) is 5.47. The van der Waals surface area contributed by atoms with E-state index in [1.807, 2.05) is 0 Å². The molecule has 0 radical (unpaired) electrons. The van der Waals surface area contributed by atoms with Gasteiger partial charge in [0.2, 0.25) is 5.43 Å².